The Morgan fingerprint density at radius 1 is 0.917 bits per heavy atom. The van der Waals surface area contributed by atoms with E-state index in [2.05, 4.69) is 58.4 Å². The smallest absolute Gasteiger partial charge is 0.251 e. The third-order valence-electron chi connectivity index (χ3n) is 6.54. The van der Waals surface area contributed by atoms with Crippen molar-refractivity contribution in [2.75, 3.05) is 7.11 Å². The molecule has 0 unspecified atom stereocenters. The molecule has 5 heteroatoms. The van der Waals surface area contributed by atoms with Crippen molar-refractivity contribution < 1.29 is 9.53 Å². The van der Waals surface area contributed by atoms with Crippen LogP contribution in [0.2, 0.25) is 0 Å². The van der Waals surface area contributed by atoms with Crippen molar-refractivity contribution >= 4 is 16.9 Å². The van der Waals surface area contributed by atoms with E-state index in [0.717, 1.165) is 34.7 Å². The number of nitrogens with one attached hydrogen (secondary N) is 1. The van der Waals surface area contributed by atoms with Gasteiger partial charge in [-0.25, -0.2) is 4.98 Å². The SMILES string of the molecule is COc1cccc([C@H](C)NC(=O)c2ccc3c(c2)nc(C)n3Cc2ccc(-c3ccccc3)cc2)c1. The summed E-state index contributed by atoms with van der Waals surface area (Å²) in [5, 5.41) is 3.08. The number of amides is 1. The quantitative estimate of drug-likeness (QED) is 0.290. The highest BCUT2D eigenvalue weighted by Crippen LogP contribution is 2.23. The first-order valence-corrected chi connectivity index (χ1v) is 12.1. The lowest BCUT2D eigenvalue weighted by Crippen LogP contribution is -2.26. The van der Waals surface area contributed by atoms with Gasteiger partial charge in [0.05, 0.1) is 24.2 Å². The van der Waals surface area contributed by atoms with Crippen LogP contribution in [0.1, 0.15) is 40.3 Å². The number of carbonyl (C=O) groups excluding carboxylic acids is 1. The molecule has 1 amide bonds. The molecule has 0 aliphatic heterocycles. The number of hydrogen-bond acceptors (Lipinski definition) is 3. The van der Waals surface area contributed by atoms with Crippen LogP contribution in [0.4, 0.5) is 0 Å². The van der Waals surface area contributed by atoms with Gasteiger partial charge in [0.15, 0.2) is 0 Å². The van der Waals surface area contributed by atoms with Gasteiger partial charge in [-0.05, 0) is 66.4 Å². The molecular formula is C31H29N3O2. The molecule has 5 aromatic rings. The fourth-order valence-corrected chi connectivity index (χ4v) is 4.48. The summed E-state index contributed by atoms with van der Waals surface area (Å²) in [6.45, 7) is 4.69. The van der Waals surface area contributed by atoms with Crippen molar-refractivity contribution in [2.45, 2.75) is 26.4 Å². The van der Waals surface area contributed by atoms with Gasteiger partial charge in [-0.2, -0.15) is 0 Å². The van der Waals surface area contributed by atoms with Crippen LogP contribution in [-0.2, 0) is 6.54 Å². The molecule has 1 N–H and O–H groups in total. The van der Waals surface area contributed by atoms with E-state index in [4.69, 9.17) is 9.72 Å². The minimum Gasteiger partial charge on any atom is -0.497 e. The molecule has 4 aromatic carbocycles. The Morgan fingerprint density at radius 2 is 1.67 bits per heavy atom. The standard InChI is InChI=1S/C31H29N3O2/c1-21(26-10-7-11-28(18-26)36-3)32-31(35)27-16-17-30-29(19-27)33-22(2)34(30)20-23-12-14-25(15-13-23)24-8-5-4-6-9-24/h4-19,21H,20H2,1-3H3,(H,32,35)/t21-/m0/s1. The highest BCUT2D eigenvalue weighted by molar-refractivity contribution is 5.97. The number of imidazole rings is 1. The minimum absolute atomic E-state index is 0.129. The summed E-state index contributed by atoms with van der Waals surface area (Å²) in [6.07, 6.45) is 0. The van der Waals surface area contributed by atoms with E-state index >= 15 is 0 Å². The van der Waals surface area contributed by atoms with Gasteiger partial charge in [0.25, 0.3) is 5.91 Å². The fourth-order valence-electron chi connectivity index (χ4n) is 4.48. The highest BCUT2D eigenvalue weighted by atomic mass is 16.5. The maximum absolute atomic E-state index is 13.0. The number of ether oxygens (including phenoxy) is 1. The molecule has 180 valence electrons. The van der Waals surface area contributed by atoms with Gasteiger partial charge < -0.3 is 14.6 Å². The van der Waals surface area contributed by atoms with Gasteiger partial charge in [0.1, 0.15) is 11.6 Å². The van der Waals surface area contributed by atoms with Crippen LogP contribution in [0.15, 0.2) is 97.1 Å². The summed E-state index contributed by atoms with van der Waals surface area (Å²) in [7, 11) is 1.64. The predicted molar refractivity (Wildman–Crippen MR) is 144 cm³/mol. The van der Waals surface area contributed by atoms with Crippen molar-refractivity contribution in [1.29, 1.82) is 0 Å². The van der Waals surface area contributed by atoms with Gasteiger partial charge in [-0.3, -0.25) is 4.79 Å². The second kappa shape index (κ2) is 10.1. The first-order chi connectivity index (χ1) is 17.5. The molecule has 1 atom stereocenters. The van der Waals surface area contributed by atoms with Crippen LogP contribution in [0.5, 0.6) is 5.75 Å². The van der Waals surface area contributed by atoms with Gasteiger partial charge in [-0.15, -0.1) is 0 Å². The molecule has 5 rings (SSSR count). The molecule has 0 bridgehead atoms. The molecule has 0 saturated heterocycles. The van der Waals surface area contributed by atoms with Crippen molar-refractivity contribution in [3.8, 4) is 16.9 Å². The van der Waals surface area contributed by atoms with E-state index in [9.17, 15) is 4.79 Å². The zero-order chi connectivity index (χ0) is 25.1. The van der Waals surface area contributed by atoms with E-state index in [0.29, 0.717) is 5.56 Å². The molecule has 0 spiro atoms. The third kappa shape index (κ3) is 4.86. The van der Waals surface area contributed by atoms with E-state index in [1.54, 1.807) is 7.11 Å². The molecule has 0 aliphatic carbocycles. The van der Waals surface area contributed by atoms with Crippen LogP contribution in [0, 0.1) is 6.92 Å². The second-order valence-corrected chi connectivity index (χ2v) is 8.98. The summed E-state index contributed by atoms with van der Waals surface area (Å²) >= 11 is 0. The fraction of sp³-hybridized carbons (Fsp3) is 0.161. The zero-order valence-corrected chi connectivity index (χ0v) is 20.7. The number of carbonyl (C=O) groups is 1. The Morgan fingerprint density at radius 3 is 2.42 bits per heavy atom. The van der Waals surface area contributed by atoms with Gasteiger partial charge >= 0.3 is 0 Å². The van der Waals surface area contributed by atoms with Crippen molar-refractivity contribution in [2.24, 2.45) is 0 Å². The molecule has 0 radical (unpaired) electrons. The van der Waals surface area contributed by atoms with Crippen LogP contribution in [0.3, 0.4) is 0 Å². The highest BCUT2D eigenvalue weighted by Gasteiger charge is 2.15. The lowest BCUT2D eigenvalue weighted by Gasteiger charge is -2.15. The average molecular weight is 476 g/mol. The largest absolute Gasteiger partial charge is 0.497 e. The van der Waals surface area contributed by atoms with E-state index < -0.39 is 0 Å². The number of fused-ring (bicyclic) bond motifs is 1. The second-order valence-electron chi connectivity index (χ2n) is 8.98. The summed E-state index contributed by atoms with van der Waals surface area (Å²) in [5.41, 5.74) is 7.01. The monoisotopic (exact) mass is 475 g/mol. The summed E-state index contributed by atoms with van der Waals surface area (Å²) in [6, 6.07) is 32.3. The van der Waals surface area contributed by atoms with Gasteiger partial charge in [0, 0.05) is 12.1 Å². The Hall–Kier alpha value is -4.38. The average Bonchev–Trinajstić information content (AvgIpc) is 3.23. The van der Waals surface area contributed by atoms with Gasteiger partial charge in [-0.1, -0.05) is 66.7 Å². The first-order valence-electron chi connectivity index (χ1n) is 12.1. The number of aryl methyl sites for hydroxylation is 1. The maximum atomic E-state index is 13.0. The van der Waals surface area contributed by atoms with Crippen LogP contribution in [0.25, 0.3) is 22.2 Å². The predicted octanol–water partition coefficient (Wildman–Crippen LogP) is 6.56. The number of hydrogen-bond donors (Lipinski definition) is 1. The third-order valence-corrected chi connectivity index (χ3v) is 6.54. The Balaban J connectivity index is 1.33. The first kappa shape index (κ1) is 23.4. The number of benzene rings is 4. The molecule has 36 heavy (non-hydrogen) atoms. The van der Waals surface area contributed by atoms with E-state index in [1.165, 1.54) is 16.7 Å². The molecule has 0 saturated carbocycles. The van der Waals surface area contributed by atoms with Crippen molar-refractivity contribution in [3.05, 3.63) is 120 Å². The molecule has 0 fully saturated rings. The summed E-state index contributed by atoms with van der Waals surface area (Å²) < 4.78 is 7.49. The van der Waals surface area contributed by atoms with E-state index in [-0.39, 0.29) is 11.9 Å². The summed E-state index contributed by atoms with van der Waals surface area (Å²) in [5.74, 6) is 1.56. The van der Waals surface area contributed by atoms with Crippen LogP contribution >= 0.6 is 0 Å². The number of nitrogens with zero attached hydrogens (tertiary/aromatic N) is 2. The van der Waals surface area contributed by atoms with Crippen LogP contribution in [-0.4, -0.2) is 22.6 Å². The summed E-state index contributed by atoms with van der Waals surface area (Å²) in [4.78, 5) is 17.7. The van der Waals surface area contributed by atoms with Crippen molar-refractivity contribution in [1.82, 2.24) is 14.9 Å². The normalized spacial score (nSPS) is 11.9. The Bertz CT molecular complexity index is 1500. The Labute approximate surface area is 211 Å². The zero-order valence-electron chi connectivity index (χ0n) is 20.7. The number of aromatic nitrogens is 2. The molecule has 5 nitrogen and oxygen atoms in total. The molecule has 0 aliphatic rings. The van der Waals surface area contributed by atoms with Crippen LogP contribution < -0.4 is 10.1 Å². The molecule has 1 heterocycles. The van der Waals surface area contributed by atoms with Gasteiger partial charge in [0.2, 0.25) is 0 Å². The number of methoxy groups -OCH3 is 1. The molecule has 1 aromatic heterocycles. The molecular weight excluding hydrogens is 446 g/mol. The lowest BCUT2D eigenvalue weighted by molar-refractivity contribution is 0.0940. The lowest BCUT2D eigenvalue weighted by atomic mass is 10.0. The van der Waals surface area contributed by atoms with E-state index in [1.807, 2.05) is 62.4 Å². The number of rotatable bonds is 7. The van der Waals surface area contributed by atoms with Crippen molar-refractivity contribution in [3.63, 3.8) is 0 Å². The maximum Gasteiger partial charge on any atom is 0.251 e. The Kier molecular flexibility index (Phi) is 6.54. The minimum atomic E-state index is -0.151. The topological polar surface area (TPSA) is 56.1 Å².